The van der Waals surface area contributed by atoms with Gasteiger partial charge < -0.3 is 18.6 Å². The van der Waals surface area contributed by atoms with Crippen LogP contribution in [0.3, 0.4) is 0 Å². The van der Waals surface area contributed by atoms with Crippen molar-refractivity contribution in [2.75, 3.05) is 6.79 Å². The van der Waals surface area contributed by atoms with Gasteiger partial charge >= 0.3 is 5.91 Å². The van der Waals surface area contributed by atoms with Crippen molar-refractivity contribution in [2.45, 2.75) is 13.2 Å². The summed E-state index contributed by atoms with van der Waals surface area (Å²) in [6.45, 7) is 0.903. The van der Waals surface area contributed by atoms with Crippen LogP contribution in [0.15, 0.2) is 34.7 Å². The van der Waals surface area contributed by atoms with Gasteiger partial charge in [0.05, 0.1) is 6.61 Å². The largest absolute Gasteiger partial charge is 0.454 e. The number of rotatable bonds is 5. The lowest BCUT2D eigenvalue weighted by Gasteiger charge is -2.04. The van der Waals surface area contributed by atoms with Crippen molar-refractivity contribution in [1.82, 2.24) is 5.43 Å². The van der Waals surface area contributed by atoms with Gasteiger partial charge in [0, 0.05) is 0 Å². The Morgan fingerprint density at radius 2 is 2.05 bits per heavy atom. The number of carbonyl (C=O) groups is 1. The Morgan fingerprint density at radius 1 is 1.19 bits per heavy atom. The quantitative estimate of drug-likeness (QED) is 0.490. The summed E-state index contributed by atoms with van der Waals surface area (Å²) < 4.78 is 21.4. The number of hydrogen-bond acceptors (Lipinski definition) is 6. The predicted octanol–water partition coefficient (Wildman–Crippen LogP) is 1.33. The van der Waals surface area contributed by atoms with E-state index in [9.17, 15) is 4.79 Å². The number of carbonyl (C=O) groups excluding carboxylic acids is 1. The first-order valence-electron chi connectivity index (χ1n) is 6.32. The molecule has 1 aromatic carbocycles. The number of benzene rings is 1. The molecule has 0 fully saturated rings. The number of nitrogen functional groups attached to an aromatic ring is 1. The van der Waals surface area contributed by atoms with Crippen molar-refractivity contribution in [3.8, 4) is 11.5 Å². The zero-order valence-corrected chi connectivity index (χ0v) is 11.1. The molecule has 2 aromatic rings. The van der Waals surface area contributed by atoms with Gasteiger partial charge in [0.1, 0.15) is 12.4 Å². The molecule has 7 nitrogen and oxygen atoms in total. The highest BCUT2D eigenvalue weighted by molar-refractivity contribution is 5.90. The van der Waals surface area contributed by atoms with E-state index in [0.29, 0.717) is 12.4 Å². The molecule has 0 radical (unpaired) electrons. The number of nitrogens with two attached hydrogens (primary N) is 1. The Labute approximate surface area is 120 Å². The molecule has 1 amide bonds. The van der Waals surface area contributed by atoms with E-state index < -0.39 is 5.91 Å². The third kappa shape index (κ3) is 2.99. The number of nitrogens with one attached hydrogen (secondary N) is 1. The van der Waals surface area contributed by atoms with Gasteiger partial charge in [0.25, 0.3) is 0 Å². The summed E-state index contributed by atoms with van der Waals surface area (Å²) in [5.41, 5.74) is 2.96. The number of amides is 1. The lowest BCUT2D eigenvalue weighted by molar-refractivity contribution is 0.0855. The molecular formula is C14H14N2O5. The smallest absolute Gasteiger partial charge is 0.300 e. The van der Waals surface area contributed by atoms with Crippen LogP contribution in [0.1, 0.15) is 21.9 Å². The topological polar surface area (TPSA) is 96.0 Å². The molecule has 0 spiro atoms. The molecule has 1 aromatic heterocycles. The summed E-state index contributed by atoms with van der Waals surface area (Å²) in [6, 6.07) is 8.84. The second-order valence-electron chi connectivity index (χ2n) is 4.42. The van der Waals surface area contributed by atoms with Crippen LogP contribution in [0.5, 0.6) is 11.5 Å². The average molecular weight is 290 g/mol. The number of hydrogen-bond donors (Lipinski definition) is 2. The van der Waals surface area contributed by atoms with Crippen LogP contribution in [0.25, 0.3) is 0 Å². The maximum atomic E-state index is 11.2. The highest BCUT2D eigenvalue weighted by Gasteiger charge is 2.13. The number of furan rings is 1. The molecule has 1 aliphatic rings. The van der Waals surface area contributed by atoms with Crippen molar-refractivity contribution in [3.63, 3.8) is 0 Å². The highest BCUT2D eigenvalue weighted by atomic mass is 16.7. The van der Waals surface area contributed by atoms with Gasteiger partial charge in [-0.25, -0.2) is 5.84 Å². The second-order valence-corrected chi connectivity index (χ2v) is 4.42. The Hall–Kier alpha value is -2.51. The molecule has 0 aliphatic carbocycles. The Bertz CT molecular complexity index is 653. The third-order valence-corrected chi connectivity index (χ3v) is 2.97. The molecule has 0 atom stereocenters. The van der Waals surface area contributed by atoms with Gasteiger partial charge in [-0.2, -0.15) is 0 Å². The lowest BCUT2D eigenvalue weighted by atomic mass is 10.2. The van der Waals surface area contributed by atoms with E-state index >= 15 is 0 Å². The minimum atomic E-state index is -0.475. The van der Waals surface area contributed by atoms with Crippen molar-refractivity contribution in [1.29, 1.82) is 0 Å². The molecule has 2 heterocycles. The van der Waals surface area contributed by atoms with E-state index in [1.54, 1.807) is 12.1 Å². The van der Waals surface area contributed by atoms with Crippen molar-refractivity contribution < 1.29 is 23.4 Å². The first-order chi connectivity index (χ1) is 10.3. The van der Waals surface area contributed by atoms with Crippen LogP contribution in [-0.2, 0) is 18.0 Å². The Kier molecular flexibility index (Phi) is 3.76. The maximum Gasteiger partial charge on any atom is 0.300 e. The molecule has 3 N–H and O–H groups in total. The van der Waals surface area contributed by atoms with E-state index in [1.807, 2.05) is 23.6 Å². The average Bonchev–Trinajstić information content (AvgIpc) is 3.14. The molecule has 0 saturated carbocycles. The van der Waals surface area contributed by atoms with Crippen molar-refractivity contribution >= 4 is 5.91 Å². The summed E-state index contributed by atoms with van der Waals surface area (Å²) in [5, 5.41) is 0. The van der Waals surface area contributed by atoms with Gasteiger partial charge in [0.2, 0.25) is 6.79 Å². The SMILES string of the molecule is NNC(=O)c1ccc(COCc2ccc3c(c2)OCO3)o1. The summed E-state index contributed by atoms with van der Waals surface area (Å²) in [6.07, 6.45) is 0. The van der Waals surface area contributed by atoms with E-state index in [4.69, 9.17) is 24.5 Å². The number of hydrazine groups is 1. The van der Waals surface area contributed by atoms with E-state index in [0.717, 1.165) is 17.1 Å². The molecule has 0 bridgehead atoms. The van der Waals surface area contributed by atoms with E-state index in [1.165, 1.54) is 0 Å². The summed E-state index contributed by atoms with van der Waals surface area (Å²) >= 11 is 0. The molecule has 0 saturated heterocycles. The lowest BCUT2D eigenvalue weighted by Crippen LogP contribution is -2.29. The van der Waals surface area contributed by atoms with Gasteiger partial charge in [-0.1, -0.05) is 6.07 Å². The van der Waals surface area contributed by atoms with Gasteiger partial charge in [0.15, 0.2) is 17.3 Å². The fraction of sp³-hybridized carbons (Fsp3) is 0.214. The van der Waals surface area contributed by atoms with Crippen molar-refractivity contribution in [2.24, 2.45) is 5.84 Å². The minimum absolute atomic E-state index is 0.152. The molecular weight excluding hydrogens is 276 g/mol. The Morgan fingerprint density at radius 3 is 2.90 bits per heavy atom. The number of fused-ring (bicyclic) bond motifs is 1. The summed E-state index contributed by atoms with van der Waals surface area (Å²) in [7, 11) is 0. The Balaban J connectivity index is 1.54. The normalized spacial score (nSPS) is 12.4. The van der Waals surface area contributed by atoms with Crippen LogP contribution in [0, 0.1) is 0 Å². The standard InChI is InChI=1S/C14H14N2O5/c15-16-14(17)12-4-2-10(21-12)7-18-6-9-1-3-11-13(5-9)20-8-19-11/h1-5H,6-8,15H2,(H,16,17). The van der Waals surface area contributed by atoms with Crippen molar-refractivity contribution in [3.05, 3.63) is 47.4 Å². The first kappa shape index (κ1) is 13.5. The molecule has 0 unspecified atom stereocenters. The van der Waals surface area contributed by atoms with Crippen LogP contribution in [0.4, 0.5) is 0 Å². The van der Waals surface area contributed by atoms with Gasteiger partial charge in [-0.3, -0.25) is 10.2 Å². The van der Waals surface area contributed by atoms with Crippen LogP contribution < -0.4 is 20.7 Å². The molecule has 1 aliphatic heterocycles. The van der Waals surface area contributed by atoms with Crippen LogP contribution in [0.2, 0.25) is 0 Å². The van der Waals surface area contributed by atoms with Gasteiger partial charge in [-0.05, 0) is 29.8 Å². The second kappa shape index (κ2) is 5.86. The third-order valence-electron chi connectivity index (χ3n) is 2.97. The predicted molar refractivity (Wildman–Crippen MR) is 71.4 cm³/mol. The van der Waals surface area contributed by atoms with E-state index in [2.05, 4.69) is 0 Å². The fourth-order valence-corrected chi connectivity index (χ4v) is 1.95. The minimum Gasteiger partial charge on any atom is -0.454 e. The zero-order valence-electron chi connectivity index (χ0n) is 11.1. The van der Waals surface area contributed by atoms with Gasteiger partial charge in [-0.15, -0.1) is 0 Å². The van der Waals surface area contributed by atoms with Crippen LogP contribution in [-0.4, -0.2) is 12.7 Å². The van der Waals surface area contributed by atoms with E-state index in [-0.39, 0.29) is 19.2 Å². The monoisotopic (exact) mass is 290 g/mol. The summed E-state index contributed by atoms with van der Waals surface area (Å²) in [5.74, 6) is 6.71. The van der Waals surface area contributed by atoms with Crippen LogP contribution >= 0.6 is 0 Å². The number of ether oxygens (including phenoxy) is 3. The molecule has 110 valence electrons. The maximum absolute atomic E-state index is 11.2. The highest BCUT2D eigenvalue weighted by Crippen LogP contribution is 2.32. The molecule has 3 rings (SSSR count). The fourth-order valence-electron chi connectivity index (χ4n) is 1.95. The zero-order chi connectivity index (χ0) is 14.7. The summed E-state index contributed by atoms with van der Waals surface area (Å²) in [4.78, 5) is 11.2. The first-order valence-corrected chi connectivity index (χ1v) is 6.32. The molecule has 7 heteroatoms. The molecule has 21 heavy (non-hydrogen) atoms.